The Hall–Kier alpha value is -2.45. The molecule has 1 aromatic heterocycles. The van der Waals surface area contributed by atoms with Crippen LogP contribution in [0, 0.1) is 10.1 Å². The largest absolute Gasteiger partial charge is 0.490 e. The first-order chi connectivity index (χ1) is 11.4. The van der Waals surface area contributed by atoms with E-state index < -0.39 is 4.92 Å². The first-order valence-corrected chi connectivity index (χ1v) is 8.12. The first-order valence-electron chi connectivity index (χ1n) is 7.24. The number of likely N-dealkylation sites (N-methyl/N-ethyl adjacent to an activating group) is 1. The van der Waals surface area contributed by atoms with Gasteiger partial charge in [0.05, 0.1) is 18.1 Å². The summed E-state index contributed by atoms with van der Waals surface area (Å²) in [4.78, 5) is 26.0. The van der Waals surface area contributed by atoms with Crippen LogP contribution >= 0.6 is 11.3 Å². The molecule has 0 saturated heterocycles. The highest BCUT2D eigenvalue weighted by Crippen LogP contribution is 2.27. The number of hydrogen-bond donors (Lipinski definition) is 1. The molecule has 1 amide bonds. The maximum absolute atomic E-state index is 12.3. The van der Waals surface area contributed by atoms with Crippen molar-refractivity contribution in [2.45, 2.75) is 6.04 Å². The second kappa shape index (κ2) is 7.89. The van der Waals surface area contributed by atoms with Gasteiger partial charge >= 0.3 is 5.69 Å². The number of hydrogen-bond acceptors (Lipinski definition) is 6. The molecule has 7 nitrogen and oxygen atoms in total. The van der Waals surface area contributed by atoms with Crippen molar-refractivity contribution in [3.8, 4) is 5.75 Å². The molecule has 0 spiro atoms. The lowest BCUT2D eigenvalue weighted by Crippen LogP contribution is -2.34. The van der Waals surface area contributed by atoms with Crippen molar-refractivity contribution < 1.29 is 14.5 Å². The van der Waals surface area contributed by atoms with E-state index in [1.807, 2.05) is 36.5 Å². The van der Waals surface area contributed by atoms with Crippen molar-refractivity contribution in [3.63, 3.8) is 0 Å². The summed E-state index contributed by atoms with van der Waals surface area (Å²) in [6.45, 7) is 0.409. The van der Waals surface area contributed by atoms with Gasteiger partial charge in [0.1, 0.15) is 0 Å². The molecule has 0 fully saturated rings. The third kappa shape index (κ3) is 4.09. The average molecular weight is 349 g/mol. The first kappa shape index (κ1) is 17.9. The van der Waals surface area contributed by atoms with Gasteiger partial charge in [-0.15, -0.1) is 11.3 Å². The molecule has 0 aliphatic rings. The third-order valence-electron chi connectivity index (χ3n) is 3.59. The molecule has 1 heterocycles. The van der Waals surface area contributed by atoms with Gasteiger partial charge in [0.25, 0.3) is 5.91 Å². The molecule has 0 aliphatic heterocycles. The van der Waals surface area contributed by atoms with Crippen molar-refractivity contribution in [3.05, 3.63) is 56.3 Å². The van der Waals surface area contributed by atoms with Crippen LogP contribution in [0.15, 0.2) is 35.7 Å². The molecule has 2 aromatic rings. The number of nitro benzene ring substituents is 1. The number of nitrogens with zero attached hydrogens (tertiary/aromatic N) is 2. The number of nitro groups is 1. The number of nitrogens with one attached hydrogen (secondary N) is 1. The zero-order valence-corrected chi connectivity index (χ0v) is 14.5. The maximum atomic E-state index is 12.3. The van der Waals surface area contributed by atoms with Gasteiger partial charge in [-0.3, -0.25) is 14.9 Å². The number of rotatable bonds is 7. The van der Waals surface area contributed by atoms with Crippen LogP contribution in [0.4, 0.5) is 5.69 Å². The lowest BCUT2D eigenvalue weighted by atomic mass is 10.1. The molecule has 1 aromatic carbocycles. The summed E-state index contributed by atoms with van der Waals surface area (Å²) in [7, 11) is 5.23. The molecule has 0 radical (unpaired) electrons. The highest BCUT2D eigenvalue weighted by atomic mass is 32.1. The number of carbonyl (C=O) groups excluding carboxylic acids is 1. The molecule has 0 bridgehead atoms. The number of thiophene rings is 1. The average Bonchev–Trinajstić information content (AvgIpc) is 3.08. The molecule has 24 heavy (non-hydrogen) atoms. The molecule has 8 heteroatoms. The Balaban J connectivity index is 2.12. The fraction of sp³-hybridized carbons (Fsp3) is 0.312. The molecule has 128 valence electrons. The van der Waals surface area contributed by atoms with Gasteiger partial charge in [-0.05, 0) is 37.7 Å². The third-order valence-corrected chi connectivity index (χ3v) is 4.56. The summed E-state index contributed by atoms with van der Waals surface area (Å²) in [6, 6.07) is 8.18. The fourth-order valence-corrected chi connectivity index (χ4v) is 3.21. The number of benzene rings is 1. The smallest absolute Gasteiger partial charge is 0.311 e. The predicted molar refractivity (Wildman–Crippen MR) is 92.7 cm³/mol. The predicted octanol–water partition coefficient (Wildman–Crippen LogP) is 2.70. The van der Waals surface area contributed by atoms with Crippen LogP contribution < -0.4 is 10.1 Å². The van der Waals surface area contributed by atoms with Gasteiger partial charge in [-0.25, -0.2) is 0 Å². The van der Waals surface area contributed by atoms with E-state index >= 15 is 0 Å². The van der Waals surface area contributed by atoms with Gasteiger partial charge in [0, 0.05) is 23.1 Å². The Labute approximate surface area is 144 Å². The molecule has 0 aliphatic carbocycles. The summed E-state index contributed by atoms with van der Waals surface area (Å²) in [6.07, 6.45) is 0. The Bertz CT molecular complexity index is 716. The van der Waals surface area contributed by atoms with E-state index in [1.54, 1.807) is 11.3 Å². The lowest BCUT2D eigenvalue weighted by molar-refractivity contribution is -0.385. The Morgan fingerprint density at radius 2 is 2.17 bits per heavy atom. The Morgan fingerprint density at radius 1 is 1.42 bits per heavy atom. The second-order valence-electron chi connectivity index (χ2n) is 5.35. The van der Waals surface area contributed by atoms with Crippen LogP contribution in [0.25, 0.3) is 0 Å². The molecule has 1 unspecified atom stereocenters. The van der Waals surface area contributed by atoms with Crippen molar-refractivity contribution in [2.75, 3.05) is 27.7 Å². The summed E-state index contributed by atoms with van der Waals surface area (Å²) < 4.78 is 4.94. The SMILES string of the molecule is COc1ccc(C(=O)NCC(c2cccs2)N(C)C)cc1[N+](=O)[O-]. The van der Waals surface area contributed by atoms with E-state index in [4.69, 9.17) is 4.74 Å². The minimum absolute atomic E-state index is 0.0437. The van der Waals surface area contributed by atoms with E-state index in [-0.39, 0.29) is 28.9 Å². The number of amides is 1. The van der Waals surface area contributed by atoms with Crippen molar-refractivity contribution >= 4 is 22.9 Å². The summed E-state index contributed by atoms with van der Waals surface area (Å²) in [5.74, 6) is -0.231. The van der Waals surface area contributed by atoms with E-state index in [0.717, 1.165) is 4.88 Å². The van der Waals surface area contributed by atoms with Crippen LogP contribution in [-0.2, 0) is 0 Å². The minimum atomic E-state index is -0.566. The van der Waals surface area contributed by atoms with Crippen molar-refractivity contribution in [1.29, 1.82) is 0 Å². The van der Waals surface area contributed by atoms with Crippen LogP contribution in [0.2, 0.25) is 0 Å². The van der Waals surface area contributed by atoms with Crippen molar-refractivity contribution in [2.24, 2.45) is 0 Å². The molecular weight excluding hydrogens is 330 g/mol. The molecule has 2 rings (SSSR count). The van der Waals surface area contributed by atoms with E-state index in [9.17, 15) is 14.9 Å². The summed E-state index contributed by atoms with van der Waals surface area (Å²) in [5.41, 5.74) is -0.00116. The number of methoxy groups -OCH3 is 1. The van der Waals surface area contributed by atoms with E-state index in [1.165, 1.54) is 25.3 Å². The zero-order chi connectivity index (χ0) is 17.7. The van der Waals surface area contributed by atoms with Gasteiger partial charge in [0.15, 0.2) is 5.75 Å². The lowest BCUT2D eigenvalue weighted by Gasteiger charge is -2.23. The van der Waals surface area contributed by atoms with Crippen molar-refractivity contribution in [1.82, 2.24) is 10.2 Å². The maximum Gasteiger partial charge on any atom is 0.311 e. The topological polar surface area (TPSA) is 84.7 Å². The Kier molecular flexibility index (Phi) is 5.88. The Morgan fingerprint density at radius 3 is 2.71 bits per heavy atom. The van der Waals surface area contributed by atoms with E-state index in [0.29, 0.717) is 6.54 Å². The highest BCUT2D eigenvalue weighted by Gasteiger charge is 2.20. The second-order valence-corrected chi connectivity index (χ2v) is 6.33. The number of ether oxygens (including phenoxy) is 1. The van der Waals surface area contributed by atoms with Crippen LogP contribution in [0.5, 0.6) is 5.75 Å². The molecule has 1 N–H and O–H groups in total. The standard InChI is InChI=1S/C16H19N3O4S/c1-18(2)13(15-5-4-8-24-15)10-17-16(20)11-6-7-14(23-3)12(9-11)19(21)22/h4-9,13H,10H2,1-3H3,(H,17,20). The zero-order valence-electron chi connectivity index (χ0n) is 13.7. The molecule has 0 saturated carbocycles. The van der Waals surface area contributed by atoms with Gasteiger partial charge in [-0.2, -0.15) is 0 Å². The summed E-state index contributed by atoms with van der Waals surface area (Å²) in [5, 5.41) is 15.9. The normalized spacial score (nSPS) is 12.0. The molecule has 1 atom stereocenters. The van der Waals surface area contributed by atoms with Gasteiger partial charge < -0.3 is 15.0 Å². The van der Waals surface area contributed by atoms with Crippen LogP contribution in [0.1, 0.15) is 21.3 Å². The van der Waals surface area contributed by atoms with Crippen LogP contribution in [-0.4, -0.2) is 43.5 Å². The monoisotopic (exact) mass is 349 g/mol. The van der Waals surface area contributed by atoms with E-state index in [2.05, 4.69) is 5.32 Å². The molecular formula is C16H19N3O4S. The fourth-order valence-electron chi connectivity index (χ4n) is 2.28. The quantitative estimate of drug-likeness (QED) is 0.614. The van der Waals surface area contributed by atoms with Gasteiger partial charge in [0.2, 0.25) is 0 Å². The minimum Gasteiger partial charge on any atom is -0.490 e. The highest BCUT2D eigenvalue weighted by molar-refractivity contribution is 7.10. The number of carbonyl (C=O) groups is 1. The van der Waals surface area contributed by atoms with Gasteiger partial charge in [-0.1, -0.05) is 6.07 Å². The van der Waals surface area contributed by atoms with Crippen LogP contribution in [0.3, 0.4) is 0 Å². The summed E-state index contributed by atoms with van der Waals surface area (Å²) >= 11 is 1.62.